The number of carbonyl (C=O) groups is 1. The molecular formula is C18H15F3N2O3. The molecule has 0 aliphatic carbocycles. The number of carbonyl (C=O) groups excluding carboxylic acids is 1. The predicted molar refractivity (Wildman–Crippen MR) is 87.1 cm³/mol. The molecule has 1 atom stereocenters. The molecule has 0 aliphatic rings. The second-order valence-electron chi connectivity index (χ2n) is 5.32. The van der Waals surface area contributed by atoms with Gasteiger partial charge in [-0.25, -0.2) is 4.79 Å². The Labute approximate surface area is 147 Å². The molecule has 0 saturated carbocycles. The zero-order chi connectivity index (χ0) is 19.4. The summed E-state index contributed by atoms with van der Waals surface area (Å²) < 4.78 is 45.3. The van der Waals surface area contributed by atoms with Crippen LogP contribution in [0, 0.1) is 0 Å². The van der Waals surface area contributed by atoms with Crippen LogP contribution in [-0.2, 0) is 15.1 Å². The Balaban J connectivity index is 2.54. The minimum Gasteiger partial charge on any atom is -0.457 e. The van der Waals surface area contributed by atoms with Crippen LogP contribution in [0.3, 0.4) is 0 Å². The smallest absolute Gasteiger partial charge is 0.433 e. The topological polar surface area (TPSA) is 82.9 Å². The van der Waals surface area contributed by atoms with Gasteiger partial charge in [-0.15, -0.1) is 0 Å². The molecule has 0 fully saturated rings. The number of nitrogens with zero attached hydrogens (tertiary/aromatic N) is 2. The highest BCUT2D eigenvalue weighted by Crippen LogP contribution is 2.40. The highest BCUT2D eigenvalue weighted by molar-refractivity contribution is 6.37. The zero-order valence-corrected chi connectivity index (χ0v) is 13.7. The van der Waals surface area contributed by atoms with Gasteiger partial charge in [-0.2, -0.15) is 18.0 Å². The van der Waals surface area contributed by atoms with Crippen molar-refractivity contribution in [2.75, 3.05) is 6.61 Å². The normalized spacial score (nSPS) is 13.4. The average Bonchev–Trinajstić information content (AvgIpc) is 2.62. The molecule has 2 aromatic rings. The summed E-state index contributed by atoms with van der Waals surface area (Å²) in [5.74, 6) is -1.57. The minimum absolute atomic E-state index is 0.251. The van der Waals surface area contributed by atoms with Gasteiger partial charge in [-0.05, 0) is 18.1 Å². The summed E-state index contributed by atoms with van der Waals surface area (Å²) in [6.07, 6.45) is -5.32. The molecule has 1 N–H and O–H groups in total. The van der Waals surface area contributed by atoms with E-state index < -0.39 is 29.0 Å². The molecule has 0 bridgehead atoms. The number of alkyl halides is 3. The highest BCUT2D eigenvalue weighted by Gasteiger charge is 2.66. The molecule has 0 aliphatic heterocycles. The maximum Gasteiger partial charge on any atom is 0.433 e. The Morgan fingerprint density at radius 2 is 1.62 bits per heavy atom. The highest BCUT2D eigenvalue weighted by atomic mass is 19.4. The van der Waals surface area contributed by atoms with E-state index in [1.165, 1.54) is 19.1 Å². The standard InChI is InChI=1S/C18H15F3N2O3/c1-2-26-16(24)15(23-22)17(25,18(19,20)21)14-10-8-13(9-11-14)12-6-4-3-5-7-12/h3-11,25H,2H2,1H3. The van der Waals surface area contributed by atoms with Gasteiger partial charge in [0.1, 0.15) is 0 Å². The lowest BCUT2D eigenvalue weighted by molar-refractivity contribution is -0.247. The quantitative estimate of drug-likeness (QED) is 0.382. The fraction of sp³-hybridized carbons (Fsp3) is 0.222. The Bertz CT molecular complexity index is 829. The van der Waals surface area contributed by atoms with E-state index in [9.17, 15) is 23.1 Å². The molecule has 2 rings (SSSR count). The predicted octanol–water partition coefficient (Wildman–Crippen LogP) is 3.34. The summed E-state index contributed by atoms with van der Waals surface area (Å²) >= 11 is 0. The van der Waals surface area contributed by atoms with Crippen LogP contribution >= 0.6 is 0 Å². The first-order valence-electron chi connectivity index (χ1n) is 7.60. The molecule has 0 spiro atoms. The van der Waals surface area contributed by atoms with Crippen LogP contribution in [0.25, 0.3) is 16.7 Å². The van der Waals surface area contributed by atoms with Crippen LogP contribution in [0.15, 0.2) is 54.6 Å². The number of esters is 1. The number of ether oxygens (including phenoxy) is 1. The third-order valence-electron chi connectivity index (χ3n) is 3.73. The number of aliphatic hydroxyl groups is 1. The van der Waals surface area contributed by atoms with Gasteiger partial charge in [0, 0.05) is 5.56 Å². The van der Waals surface area contributed by atoms with Crippen LogP contribution in [0.1, 0.15) is 12.5 Å². The van der Waals surface area contributed by atoms with Crippen molar-refractivity contribution in [3.8, 4) is 11.1 Å². The molecule has 8 heteroatoms. The Morgan fingerprint density at radius 3 is 2.08 bits per heavy atom. The summed E-state index contributed by atoms with van der Waals surface area (Å²) in [6, 6.07) is 13.6. The van der Waals surface area contributed by atoms with Crippen molar-refractivity contribution in [3.05, 3.63) is 65.7 Å². The maximum atomic E-state index is 13.6. The van der Waals surface area contributed by atoms with Gasteiger partial charge in [0.2, 0.25) is 0 Å². The van der Waals surface area contributed by atoms with Crippen LogP contribution < -0.4 is 0 Å². The van der Waals surface area contributed by atoms with E-state index in [1.807, 2.05) is 0 Å². The van der Waals surface area contributed by atoms with E-state index in [0.29, 0.717) is 5.56 Å². The minimum atomic E-state index is -5.32. The van der Waals surface area contributed by atoms with Gasteiger partial charge in [-0.3, -0.25) is 0 Å². The van der Waals surface area contributed by atoms with Gasteiger partial charge in [0.15, 0.2) is 0 Å². The van der Waals surface area contributed by atoms with E-state index in [1.54, 1.807) is 30.3 Å². The SMILES string of the molecule is CCOC(=O)C(=[N+]=[N-])C(O)(c1ccc(-c2ccccc2)cc1)C(F)(F)F. The van der Waals surface area contributed by atoms with Crippen molar-refractivity contribution in [2.24, 2.45) is 0 Å². The zero-order valence-electron chi connectivity index (χ0n) is 13.7. The van der Waals surface area contributed by atoms with Crippen LogP contribution in [0.4, 0.5) is 13.2 Å². The van der Waals surface area contributed by atoms with E-state index in [4.69, 9.17) is 5.53 Å². The fourth-order valence-electron chi connectivity index (χ4n) is 2.43. The van der Waals surface area contributed by atoms with Crippen LogP contribution in [0.5, 0.6) is 0 Å². The molecule has 26 heavy (non-hydrogen) atoms. The second-order valence-corrected chi connectivity index (χ2v) is 5.32. The van der Waals surface area contributed by atoms with Gasteiger partial charge < -0.3 is 15.4 Å². The number of hydrogen-bond donors (Lipinski definition) is 1. The van der Waals surface area contributed by atoms with Crippen molar-refractivity contribution in [1.29, 1.82) is 0 Å². The summed E-state index contributed by atoms with van der Waals surface area (Å²) in [7, 11) is 0. The largest absolute Gasteiger partial charge is 0.457 e. The van der Waals surface area contributed by atoms with Crippen molar-refractivity contribution >= 4 is 11.7 Å². The van der Waals surface area contributed by atoms with Crippen molar-refractivity contribution in [1.82, 2.24) is 0 Å². The first-order valence-corrected chi connectivity index (χ1v) is 7.60. The number of halogens is 3. The van der Waals surface area contributed by atoms with Crippen molar-refractivity contribution in [3.63, 3.8) is 0 Å². The monoisotopic (exact) mass is 364 g/mol. The lowest BCUT2D eigenvalue weighted by Crippen LogP contribution is -2.53. The van der Waals surface area contributed by atoms with Crippen molar-refractivity contribution < 1.29 is 32.6 Å². The maximum absolute atomic E-state index is 13.6. The summed E-state index contributed by atoms with van der Waals surface area (Å²) in [4.78, 5) is 14.1. The lowest BCUT2D eigenvalue weighted by Gasteiger charge is -2.26. The summed E-state index contributed by atoms with van der Waals surface area (Å²) in [5.41, 5.74) is 4.26. The molecule has 2 aromatic carbocycles. The third-order valence-corrected chi connectivity index (χ3v) is 3.73. The number of hydrogen-bond acceptors (Lipinski definition) is 3. The molecular weight excluding hydrogens is 349 g/mol. The molecule has 5 nitrogen and oxygen atoms in total. The first-order chi connectivity index (χ1) is 12.3. The molecule has 0 heterocycles. The molecule has 0 radical (unpaired) electrons. The Kier molecular flexibility index (Phi) is 5.59. The van der Waals surface area contributed by atoms with Gasteiger partial charge in [0.05, 0.1) is 6.61 Å². The van der Waals surface area contributed by atoms with Crippen LogP contribution in [-0.4, -0.2) is 34.4 Å². The first kappa shape index (κ1) is 19.4. The summed E-state index contributed by atoms with van der Waals surface area (Å²) in [6.45, 7) is 1.12. The molecule has 1 unspecified atom stereocenters. The van der Waals surface area contributed by atoms with E-state index >= 15 is 0 Å². The van der Waals surface area contributed by atoms with E-state index in [0.717, 1.165) is 17.7 Å². The van der Waals surface area contributed by atoms with Gasteiger partial charge >= 0.3 is 17.9 Å². The Hall–Kier alpha value is -2.96. The third kappa shape index (κ3) is 3.51. The van der Waals surface area contributed by atoms with Gasteiger partial charge in [-0.1, -0.05) is 54.6 Å². The number of rotatable bonds is 5. The van der Waals surface area contributed by atoms with Gasteiger partial charge in [0.25, 0.3) is 5.60 Å². The Morgan fingerprint density at radius 1 is 1.08 bits per heavy atom. The number of benzene rings is 2. The fourth-order valence-corrected chi connectivity index (χ4v) is 2.43. The molecule has 0 saturated heterocycles. The van der Waals surface area contributed by atoms with E-state index in [2.05, 4.69) is 9.53 Å². The van der Waals surface area contributed by atoms with Crippen molar-refractivity contribution in [2.45, 2.75) is 18.7 Å². The molecule has 0 amide bonds. The second kappa shape index (κ2) is 7.51. The summed E-state index contributed by atoms with van der Waals surface area (Å²) in [5, 5.41) is 10.3. The molecule has 136 valence electrons. The van der Waals surface area contributed by atoms with Crippen LogP contribution in [0.2, 0.25) is 0 Å². The molecule has 0 aromatic heterocycles. The van der Waals surface area contributed by atoms with E-state index in [-0.39, 0.29) is 6.61 Å². The average molecular weight is 364 g/mol. The lowest BCUT2D eigenvalue weighted by atomic mass is 9.87.